The van der Waals surface area contributed by atoms with Crippen LogP contribution in [0.25, 0.3) is 0 Å². The van der Waals surface area contributed by atoms with Crippen molar-refractivity contribution in [1.82, 2.24) is 9.97 Å². The lowest BCUT2D eigenvalue weighted by Gasteiger charge is -2.14. The van der Waals surface area contributed by atoms with Gasteiger partial charge in [-0.05, 0) is 6.07 Å². The third kappa shape index (κ3) is 3.13. The first-order chi connectivity index (χ1) is 9.96. The fourth-order valence-corrected chi connectivity index (χ4v) is 2.07. The molecule has 0 aliphatic rings. The van der Waals surface area contributed by atoms with Crippen LogP contribution in [0.15, 0.2) is 18.2 Å². The molecule has 2 rings (SSSR count). The number of halogens is 3. The van der Waals surface area contributed by atoms with Crippen LogP contribution in [0.2, 0.25) is 0 Å². The van der Waals surface area contributed by atoms with E-state index in [1.165, 1.54) is 20.3 Å². The molecular formula is C13H12ClF2N3O2. The van der Waals surface area contributed by atoms with Crippen LogP contribution >= 0.6 is 11.6 Å². The predicted octanol–water partition coefficient (Wildman–Crippen LogP) is 2.68. The number of hydrogen-bond acceptors (Lipinski definition) is 5. The Bertz CT molecular complexity index is 625. The molecule has 112 valence electrons. The molecule has 21 heavy (non-hydrogen) atoms. The van der Waals surface area contributed by atoms with Crippen molar-refractivity contribution in [3.8, 4) is 11.8 Å². The zero-order valence-corrected chi connectivity index (χ0v) is 12.0. The van der Waals surface area contributed by atoms with Gasteiger partial charge >= 0.3 is 0 Å². The molecule has 1 aromatic heterocycles. The summed E-state index contributed by atoms with van der Waals surface area (Å²) >= 11 is 6.17. The van der Waals surface area contributed by atoms with Crippen molar-refractivity contribution in [3.05, 3.63) is 41.2 Å². The minimum absolute atomic E-state index is 0.0325. The average molecular weight is 316 g/mol. The first-order valence-electron chi connectivity index (χ1n) is 5.81. The second-order valence-corrected chi connectivity index (χ2v) is 4.50. The van der Waals surface area contributed by atoms with Gasteiger partial charge in [-0.15, -0.1) is 11.6 Å². The van der Waals surface area contributed by atoms with E-state index < -0.39 is 17.0 Å². The van der Waals surface area contributed by atoms with E-state index in [1.807, 2.05) is 0 Å². The molecule has 1 unspecified atom stereocenters. The Morgan fingerprint density at radius 1 is 1.10 bits per heavy atom. The van der Waals surface area contributed by atoms with Gasteiger partial charge < -0.3 is 15.2 Å². The van der Waals surface area contributed by atoms with Gasteiger partial charge in [0, 0.05) is 17.3 Å². The number of nitrogens with zero attached hydrogens (tertiary/aromatic N) is 2. The Balaban J connectivity index is 2.52. The normalized spacial score (nSPS) is 12.0. The second-order valence-electron chi connectivity index (χ2n) is 4.06. The van der Waals surface area contributed by atoms with Gasteiger partial charge in [-0.25, -0.2) is 8.78 Å². The molecule has 2 aromatic rings. The largest absolute Gasteiger partial charge is 0.481 e. The van der Waals surface area contributed by atoms with Crippen molar-refractivity contribution >= 4 is 17.3 Å². The summed E-state index contributed by atoms with van der Waals surface area (Å²) in [5.74, 6) is -1.24. The first kappa shape index (κ1) is 15.2. The molecule has 5 nitrogen and oxygen atoms in total. The van der Waals surface area contributed by atoms with Crippen molar-refractivity contribution in [2.45, 2.75) is 5.38 Å². The number of anilines is 1. The van der Waals surface area contributed by atoms with Gasteiger partial charge in [-0.1, -0.05) is 0 Å². The Morgan fingerprint density at radius 3 is 2.14 bits per heavy atom. The van der Waals surface area contributed by atoms with Crippen LogP contribution in [0.4, 0.5) is 14.5 Å². The molecule has 0 spiro atoms. The maximum Gasteiger partial charge on any atom is 0.220 e. The highest BCUT2D eigenvalue weighted by Crippen LogP contribution is 2.34. The van der Waals surface area contributed by atoms with Gasteiger partial charge in [-0.2, -0.15) is 9.97 Å². The Labute approximate surface area is 124 Å². The molecular weight excluding hydrogens is 304 g/mol. The van der Waals surface area contributed by atoms with Gasteiger partial charge in [-0.3, -0.25) is 0 Å². The van der Waals surface area contributed by atoms with E-state index in [0.717, 1.165) is 6.07 Å². The van der Waals surface area contributed by atoms with E-state index in [1.54, 1.807) is 0 Å². The van der Waals surface area contributed by atoms with Gasteiger partial charge in [0.05, 0.1) is 20.3 Å². The Hall–Kier alpha value is -2.15. The van der Waals surface area contributed by atoms with Crippen LogP contribution < -0.4 is 15.2 Å². The summed E-state index contributed by atoms with van der Waals surface area (Å²) < 4.78 is 36.9. The molecule has 0 saturated heterocycles. The van der Waals surface area contributed by atoms with Crippen molar-refractivity contribution in [3.63, 3.8) is 0 Å². The Morgan fingerprint density at radius 2 is 1.67 bits per heavy atom. The number of aromatic nitrogens is 2. The molecule has 0 radical (unpaired) electrons. The molecule has 1 atom stereocenters. The van der Waals surface area contributed by atoms with Gasteiger partial charge in [0.2, 0.25) is 11.8 Å². The highest BCUT2D eigenvalue weighted by molar-refractivity contribution is 6.22. The summed E-state index contributed by atoms with van der Waals surface area (Å²) in [5, 5.41) is -1.12. The van der Waals surface area contributed by atoms with Gasteiger partial charge in [0.1, 0.15) is 17.0 Å². The van der Waals surface area contributed by atoms with Crippen LogP contribution in [0.1, 0.15) is 16.8 Å². The van der Waals surface area contributed by atoms with Crippen LogP contribution in [0, 0.1) is 11.6 Å². The minimum Gasteiger partial charge on any atom is -0.481 e. The number of alkyl halides is 1. The maximum absolute atomic E-state index is 13.9. The third-order valence-corrected chi connectivity index (χ3v) is 3.13. The number of benzene rings is 1. The highest BCUT2D eigenvalue weighted by atomic mass is 35.5. The van der Waals surface area contributed by atoms with E-state index >= 15 is 0 Å². The lowest BCUT2D eigenvalue weighted by atomic mass is 10.1. The van der Waals surface area contributed by atoms with Crippen molar-refractivity contribution in [2.75, 3.05) is 20.0 Å². The molecule has 0 aliphatic heterocycles. The standard InChI is InChI=1S/C13H12ClF2N3O2/c1-20-9-5-10(21-2)19-13(18-9)12(14)11-7(16)3-6(15)4-8(11)17/h3-5,12H,17H2,1-2H3. The fraction of sp³-hybridized carbons (Fsp3) is 0.231. The van der Waals surface area contributed by atoms with Gasteiger partial charge in [0.15, 0.2) is 5.82 Å². The number of nitrogen functional groups attached to an aromatic ring is 1. The molecule has 0 bridgehead atoms. The zero-order valence-electron chi connectivity index (χ0n) is 11.2. The SMILES string of the molecule is COc1cc(OC)nc(C(Cl)c2c(N)cc(F)cc2F)n1. The number of ether oxygens (including phenoxy) is 2. The lowest BCUT2D eigenvalue weighted by molar-refractivity contribution is 0.368. The minimum atomic E-state index is -1.12. The van der Waals surface area contributed by atoms with Crippen LogP contribution in [-0.2, 0) is 0 Å². The van der Waals surface area contributed by atoms with E-state index in [0.29, 0.717) is 6.07 Å². The zero-order chi connectivity index (χ0) is 15.6. The van der Waals surface area contributed by atoms with Crippen molar-refractivity contribution in [1.29, 1.82) is 0 Å². The van der Waals surface area contributed by atoms with Gasteiger partial charge in [0.25, 0.3) is 0 Å². The van der Waals surface area contributed by atoms with Crippen molar-refractivity contribution < 1.29 is 18.3 Å². The number of hydrogen-bond donors (Lipinski definition) is 1. The molecule has 8 heteroatoms. The highest BCUT2D eigenvalue weighted by Gasteiger charge is 2.23. The summed E-state index contributed by atoms with van der Waals surface area (Å²) in [5.41, 5.74) is 5.39. The second kappa shape index (κ2) is 6.09. The fourth-order valence-electron chi connectivity index (χ4n) is 1.74. The molecule has 1 aromatic carbocycles. The predicted molar refractivity (Wildman–Crippen MR) is 73.6 cm³/mol. The van der Waals surface area contributed by atoms with Crippen LogP contribution in [0.5, 0.6) is 11.8 Å². The summed E-state index contributed by atoms with van der Waals surface area (Å²) in [6.07, 6.45) is 0. The first-order valence-corrected chi connectivity index (χ1v) is 6.25. The summed E-state index contributed by atoms with van der Waals surface area (Å²) in [6, 6.07) is 3.11. The molecule has 0 aliphatic carbocycles. The Kier molecular flexibility index (Phi) is 4.42. The lowest BCUT2D eigenvalue weighted by Crippen LogP contribution is -2.08. The topological polar surface area (TPSA) is 70.3 Å². The third-order valence-electron chi connectivity index (χ3n) is 2.72. The molecule has 0 fully saturated rings. The molecule has 2 N–H and O–H groups in total. The van der Waals surface area contributed by atoms with Crippen molar-refractivity contribution in [2.24, 2.45) is 0 Å². The summed E-state index contributed by atoms with van der Waals surface area (Å²) in [7, 11) is 2.81. The molecule has 1 heterocycles. The number of methoxy groups -OCH3 is 2. The molecule has 0 saturated carbocycles. The summed E-state index contributed by atoms with van der Waals surface area (Å²) in [6.45, 7) is 0. The summed E-state index contributed by atoms with van der Waals surface area (Å²) in [4.78, 5) is 8.04. The maximum atomic E-state index is 13.9. The van der Waals surface area contributed by atoms with E-state index in [9.17, 15) is 8.78 Å². The van der Waals surface area contributed by atoms with E-state index in [2.05, 4.69) is 9.97 Å². The monoisotopic (exact) mass is 315 g/mol. The van der Waals surface area contributed by atoms with E-state index in [-0.39, 0.29) is 28.8 Å². The van der Waals surface area contributed by atoms with E-state index in [4.69, 9.17) is 26.8 Å². The smallest absolute Gasteiger partial charge is 0.220 e. The average Bonchev–Trinajstić information content (AvgIpc) is 2.45. The van der Waals surface area contributed by atoms with Crippen LogP contribution in [0.3, 0.4) is 0 Å². The van der Waals surface area contributed by atoms with Crippen LogP contribution in [-0.4, -0.2) is 24.2 Å². The quantitative estimate of drug-likeness (QED) is 0.694. The molecule has 0 amide bonds. The number of rotatable bonds is 4. The number of nitrogens with two attached hydrogens (primary N) is 1.